The number of nitrogens with zero attached hydrogens (tertiary/aromatic N) is 3. The molecule has 1 aromatic heterocycles. The van der Waals surface area contributed by atoms with E-state index in [1.54, 1.807) is 0 Å². The fourth-order valence-corrected chi connectivity index (χ4v) is 2.75. The van der Waals surface area contributed by atoms with Gasteiger partial charge in [-0.1, -0.05) is 18.3 Å². The first-order chi connectivity index (χ1) is 8.85. The Labute approximate surface area is 113 Å². The van der Waals surface area contributed by atoms with Gasteiger partial charge in [0.05, 0.1) is 13.2 Å². The average Bonchev–Trinajstić information content (AvgIpc) is 2.84. The van der Waals surface area contributed by atoms with Crippen molar-refractivity contribution in [3.8, 4) is 0 Å². The van der Waals surface area contributed by atoms with Gasteiger partial charge in [-0.15, -0.1) is 5.10 Å². The van der Waals surface area contributed by atoms with Gasteiger partial charge in [-0.2, -0.15) is 0 Å². The number of ether oxygens (including phenoxy) is 1. The van der Waals surface area contributed by atoms with E-state index in [2.05, 4.69) is 33.7 Å². The Bertz CT molecular complexity index is 358. The second-order valence-corrected chi connectivity index (χ2v) is 5.34. The summed E-state index contributed by atoms with van der Waals surface area (Å²) < 4.78 is 9.59. The van der Waals surface area contributed by atoms with Gasteiger partial charge in [-0.05, 0) is 12.8 Å². The van der Waals surface area contributed by atoms with E-state index in [1.807, 2.05) is 0 Å². The van der Waals surface area contributed by atoms with Crippen LogP contribution >= 0.6 is 11.5 Å². The van der Waals surface area contributed by atoms with Gasteiger partial charge in [0.2, 0.25) is 0 Å². The maximum atomic E-state index is 5.53. The minimum atomic E-state index is 0.513. The third-order valence-corrected chi connectivity index (χ3v) is 3.99. The molecular weight excluding hydrogens is 248 g/mol. The molecule has 5 nitrogen and oxygen atoms in total. The normalized spacial score (nSPS) is 21.1. The Morgan fingerprint density at radius 2 is 2.39 bits per heavy atom. The molecule has 1 aliphatic heterocycles. The summed E-state index contributed by atoms with van der Waals surface area (Å²) in [6.45, 7) is 8.89. The van der Waals surface area contributed by atoms with E-state index in [0.29, 0.717) is 6.04 Å². The maximum absolute atomic E-state index is 5.53. The molecule has 1 aliphatic rings. The van der Waals surface area contributed by atoms with E-state index in [-0.39, 0.29) is 0 Å². The molecule has 0 aliphatic carbocycles. The summed E-state index contributed by atoms with van der Waals surface area (Å²) in [6.07, 6.45) is 2.24. The van der Waals surface area contributed by atoms with Crippen LogP contribution in [-0.2, 0) is 11.3 Å². The van der Waals surface area contributed by atoms with E-state index in [0.717, 1.165) is 56.4 Å². The van der Waals surface area contributed by atoms with Crippen molar-refractivity contribution in [2.75, 3.05) is 31.6 Å². The predicted octanol–water partition coefficient (Wildman–Crippen LogP) is 1.97. The van der Waals surface area contributed by atoms with Crippen molar-refractivity contribution in [2.24, 2.45) is 0 Å². The Kier molecular flexibility index (Phi) is 5.34. The van der Waals surface area contributed by atoms with Crippen molar-refractivity contribution in [3.05, 3.63) is 5.69 Å². The Hall–Kier alpha value is -0.720. The summed E-state index contributed by atoms with van der Waals surface area (Å²) in [5, 5.41) is 8.78. The molecule has 0 aromatic carbocycles. The number of aromatic nitrogens is 2. The van der Waals surface area contributed by atoms with Gasteiger partial charge in [0.1, 0.15) is 10.7 Å². The third-order valence-electron chi connectivity index (χ3n) is 3.26. The summed E-state index contributed by atoms with van der Waals surface area (Å²) in [7, 11) is 0. The van der Waals surface area contributed by atoms with Gasteiger partial charge in [-0.3, -0.25) is 4.90 Å². The molecule has 1 fully saturated rings. The van der Waals surface area contributed by atoms with Crippen LogP contribution in [0.2, 0.25) is 0 Å². The van der Waals surface area contributed by atoms with Crippen LogP contribution in [0, 0.1) is 0 Å². The van der Waals surface area contributed by atoms with Crippen LogP contribution in [0.3, 0.4) is 0 Å². The highest BCUT2D eigenvalue weighted by Crippen LogP contribution is 2.21. The molecule has 0 radical (unpaired) electrons. The first-order valence-electron chi connectivity index (χ1n) is 6.72. The quantitative estimate of drug-likeness (QED) is 0.856. The molecule has 1 atom stereocenters. The summed E-state index contributed by atoms with van der Waals surface area (Å²) in [6, 6.07) is 0.513. The summed E-state index contributed by atoms with van der Waals surface area (Å²) in [5.41, 5.74) is 1.08. The molecular formula is C12H22N4OS. The van der Waals surface area contributed by atoms with Gasteiger partial charge in [0.15, 0.2) is 0 Å². The maximum Gasteiger partial charge on any atom is 0.134 e. The van der Waals surface area contributed by atoms with E-state index in [1.165, 1.54) is 11.5 Å². The van der Waals surface area contributed by atoms with E-state index >= 15 is 0 Å². The summed E-state index contributed by atoms with van der Waals surface area (Å²) in [4.78, 5) is 2.46. The zero-order chi connectivity index (χ0) is 12.8. The molecule has 0 spiro atoms. The Morgan fingerprint density at radius 3 is 3.17 bits per heavy atom. The first kappa shape index (κ1) is 13.7. The van der Waals surface area contributed by atoms with Crippen LogP contribution in [-0.4, -0.2) is 46.8 Å². The lowest BCUT2D eigenvalue weighted by Gasteiger charge is -2.34. The number of rotatable bonds is 6. The second-order valence-electron chi connectivity index (χ2n) is 4.58. The van der Waals surface area contributed by atoms with Gasteiger partial charge in [0, 0.05) is 37.2 Å². The fraction of sp³-hybridized carbons (Fsp3) is 0.833. The van der Waals surface area contributed by atoms with Gasteiger partial charge >= 0.3 is 0 Å². The highest BCUT2D eigenvalue weighted by Gasteiger charge is 2.23. The highest BCUT2D eigenvalue weighted by atomic mass is 32.1. The van der Waals surface area contributed by atoms with Crippen LogP contribution in [0.4, 0.5) is 5.00 Å². The zero-order valence-corrected chi connectivity index (χ0v) is 12.0. The average molecular weight is 270 g/mol. The molecule has 1 saturated heterocycles. The third kappa shape index (κ3) is 3.40. The molecule has 18 heavy (non-hydrogen) atoms. The lowest BCUT2D eigenvalue weighted by Crippen LogP contribution is -2.44. The summed E-state index contributed by atoms with van der Waals surface area (Å²) >= 11 is 1.46. The van der Waals surface area contributed by atoms with Crippen molar-refractivity contribution in [1.29, 1.82) is 0 Å². The minimum absolute atomic E-state index is 0.513. The topological polar surface area (TPSA) is 50.3 Å². The SMILES string of the molecule is CCCNc1snnc1CN1CCOCC1CC. The molecule has 6 heteroatoms. The second kappa shape index (κ2) is 7.01. The number of nitrogens with one attached hydrogen (secondary N) is 1. The largest absolute Gasteiger partial charge is 0.378 e. The van der Waals surface area contributed by atoms with Crippen LogP contribution in [0.25, 0.3) is 0 Å². The lowest BCUT2D eigenvalue weighted by molar-refractivity contribution is -0.0131. The number of morpholine rings is 1. The standard InChI is InChI=1S/C12H22N4OS/c1-3-5-13-12-11(14-15-18-12)8-16-6-7-17-9-10(16)4-2/h10,13H,3-9H2,1-2H3. The van der Waals surface area contributed by atoms with Gasteiger partial charge in [-0.25, -0.2) is 0 Å². The highest BCUT2D eigenvalue weighted by molar-refractivity contribution is 7.10. The van der Waals surface area contributed by atoms with Crippen molar-refractivity contribution in [2.45, 2.75) is 39.3 Å². The van der Waals surface area contributed by atoms with E-state index in [9.17, 15) is 0 Å². The van der Waals surface area contributed by atoms with E-state index in [4.69, 9.17) is 4.74 Å². The molecule has 1 N–H and O–H groups in total. The molecule has 102 valence electrons. The molecule has 0 amide bonds. The first-order valence-corrected chi connectivity index (χ1v) is 7.49. The monoisotopic (exact) mass is 270 g/mol. The number of anilines is 1. The molecule has 1 unspecified atom stereocenters. The van der Waals surface area contributed by atoms with Gasteiger partial charge in [0.25, 0.3) is 0 Å². The lowest BCUT2D eigenvalue weighted by atomic mass is 10.1. The van der Waals surface area contributed by atoms with Crippen LogP contribution < -0.4 is 5.32 Å². The zero-order valence-electron chi connectivity index (χ0n) is 11.2. The molecule has 0 saturated carbocycles. The predicted molar refractivity (Wildman–Crippen MR) is 74.0 cm³/mol. The molecule has 2 rings (SSSR count). The van der Waals surface area contributed by atoms with Crippen molar-refractivity contribution in [1.82, 2.24) is 14.5 Å². The molecule has 2 heterocycles. The minimum Gasteiger partial charge on any atom is -0.378 e. The summed E-state index contributed by atoms with van der Waals surface area (Å²) in [5.74, 6) is 0. The Balaban J connectivity index is 1.96. The number of hydrogen-bond donors (Lipinski definition) is 1. The van der Waals surface area contributed by atoms with Gasteiger partial charge < -0.3 is 10.1 Å². The smallest absolute Gasteiger partial charge is 0.134 e. The van der Waals surface area contributed by atoms with Crippen molar-refractivity contribution < 1.29 is 4.74 Å². The van der Waals surface area contributed by atoms with Crippen molar-refractivity contribution >= 4 is 16.5 Å². The van der Waals surface area contributed by atoms with E-state index < -0.39 is 0 Å². The molecule has 0 bridgehead atoms. The fourth-order valence-electron chi connectivity index (χ4n) is 2.15. The number of hydrogen-bond acceptors (Lipinski definition) is 6. The van der Waals surface area contributed by atoms with Crippen molar-refractivity contribution in [3.63, 3.8) is 0 Å². The Morgan fingerprint density at radius 1 is 1.50 bits per heavy atom. The molecule has 1 aromatic rings. The van der Waals surface area contributed by atoms with Crippen LogP contribution in [0.15, 0.2) is 0 Å². The van der Waals surface area contributed by atoms with Crippen LogP contribution in [0.1, 0.15) is 32.4 Å². The van der Waals surface area contributed by atoms with Crippen LogP contribution in [0.5, 0.6) is 0 Å².